The van der Waals surface area contributed by atoms with Crippen molar-refractivity contribution in [3.05, 3.63) is 125 Å². The van der Waals surface area contributed by atoms with Crippen LogP contribution in [0.1, 0.15) is 21.5 Å². The normalized spacial score (nSPS) is 11.2. The predicted octanol–water partition coefficient (Wildman–Crippen LogP) is 5.48. The quantitative estimate of drug-likeness (QED) is 0.226. The number of carbonyl (C=O) groups is 1. The number of benzene rings is 4. The van der Waals surface area contributed by atoms with Crippen molar-refractivity contribution in [1.29, 1.82) is 0 Å². The Morgan fingerprint density at radius 3 is 2.33 bits per heavy atom. The van der Waals surface area contributed by atoms with E-state index in [1.165, 1.54) is 54.7 Å². The number of hydrogen-bond acceptors (Lipinski definition) is 5. The number of rotatable bonds is 9. The summed E-state index contributed by atoms with van der Waals surface area (Å²) < 4.78 is 33.2. The first-order valence-corrected chi connectivity index (χ1v) is 12.7. The molecule has 2 N–H and O–H groups in total. The summed E-state index contributed by atoms with van der Waals surface area (Å²) >= 11 is 5.81. The lowest BCUT2D eigenvalue weighted by Crippen LogP contribution is -2.18. The number of carbonyl (C=O) groups excluding carboxylic acids is 1. The van der Waals surface area contributed by atoms with Gasteiger partial charge in [-0.2, -0.15) is 5.10 Å². The maximum atomic E-state index is 12.5. The molecule has 0 unspecified atom stereocenters. The second-order valence-electron chi connectivity index (χ2n) is 7.68. The number of nitrogens with zero attached hydrogens (tertiary/aromatic N) is 1. The second-order valence-corrected chi connectivity index (χ2v) is 9.80. The number of sulfonamides is 1. The molecule has 0 saturated heterocycles. The van der Waals surface area contributed by atoms with Gasteiger partial charge in [0.2, 0.25) is 0 Å². The van der Waals surface area contributed by atoms with Gasteiger partial charge in [-0.15, -0.1) is 0 Å². The van der Waals surface area contributed by atoms with E-state index in [1.807, 2.05) is 54.6 Å². The van der Waals surface area contributed by atoms with E-state index in [4.69, 9.17) is 16.3 Å². The first-order chi connectivity index (χ1) is 17.4. The minimum atomic E-state index is -3.77. The van der Waals surface area contributed by atoms with Crippen molar-refractivity contribution in [3.63, 3.8) is 0 Å². The smallest absolute Gasteiger partial charge is 0.271 e. The van der Waals surface area contributed by atoms with Gasteiger partial charge >= 0.3 is 0 Å². The molecule has 4 aromatic carbocycles. The van der Waals surface area contributed by atoms with Gasteiger partial charge in [-0.1, -0.05) is 54.1 Å². The van der Waals surface area contributed by atoms with E-state index in [9.17, 15) is 13.2 Å². The molecule has 182 valence electrons. The van der Waals surface area contributed by atoms with Gasteiger partial charge in [0.05, 0.1) is 11.1 Å². The zero-order valence-corrected chi connectivity index (χ0v) is 20.5. The first-order valence-electron chi connectivity index (χ1n) is 10.9. The molecule has 4 rings (SSSR count). The summed E-state index contributed by atoms with van der Waals surface area (Å²) in [5.74, 6) is 0.251. The highest BCUT2D eigenvalue weighted by atomic mass is 35.5. The number of nitrogens with one attached hydrogen (secondary N) is 2. The maximum absolute atomic E-state index is 12.5. The third-order valence-electron chi connectivity index (χ3n) is 5.01. The summed E-state index contributed by atoms with van der Waals surface area (Å²) in [4.78, 5) is 12.5. The molecule has 0 bridgehead atoms. The molecule has 36 heavy (non-hydrogen) atoms. The lowest BCUT2D eigenvalue weighted by Gasteiger charge is -2.09. The highest BCUT2D eigenvalue weighted by Crippen LogP contribution is 2.19. The number of ether oxygens (including phenoxy) is 1. The van der Waals surface area contributed by atoms with E-state index in [1.54, 1.807) is 0 Å². The Bertz CT molecular complexity index is 1460. The first kappa shape index (κ1) is 25.0. The average Bonchev–Trinajstić information content (AvgIpc) is 2.89. The van der Waals surface area contributed by atoms with Gasteiger partial charge in [0.1, 0.15) is 12.4 Å². The van der Waals surface area contributed by atoms with Gasteiger partial charge in [-0.3, -0.25) is 9.52 Å². The van der Waals surface area contributed by atoms with Crippen LogP contribution in [0.3, 0.4) is 0 Å². The molecular formula is C27H22ClN3O4S. The van der Waals surface area contributed by atoms with Gasteiger partial charge < -0.3 is 4.74 Å². The molecule has 0 spiro atoms. The Morgan fingerprint density at radius 1 is 0.889 bits per heavy atom. The molecule has 0 atom stereocenters. The molecular weight excluding hydrogens is 498 g/mol. The lowest BCUT2D eigenvalue weighted by atomic mass is 10.2. The molecule has 0 aromatic heterocycles. The third-order valence-corrected chi connectivity index (χ3v) is 6.66. The summed E-state index contributed by atoms with van der Waals surface area (Å²) in [6.45, 7) is 0.448. The van der Waals surface area contributed by atoms with E-state index in [0.29, 0.717) is 28.6 Å². The van der Waals surface area contributed by atoms with Gasteiger partial charge in [-0.05, 0) is 71.8 Å². The van der Waals surface area contributed by atoms with Gasteiger partial charge in [0.25, 0.3) is 15.9 Å². The summed E-state index contributed by atoms with van der Waals surface area (Å²) in [6.07, 6.45) is 1.52. The van der Waals surface area contributed by atoms with Crippen LogP contribution in [0.2, 0.25) is 5.02 Å². The van der Waals surface area contributed by atoms with Crippen LogP contribution in [0.4, 0.5) is 5.69 Å². The average molecular weight is 520 g/mol. The Morgan fingerprint density at radius 2 is 1.61 bits per heavy atom. The van der Waals surface area contributed by atoms with Crippen molar-refractivity contribution >= 4 is 39.4 Å². The molecule has 0 fully saturated rings. The van der Waals surface area contributed by atoms with Crippen LogP contribution in [-0.2, 0) is 16.6 Å². The molecule has 9 heteroatoms. The van der Waals surface area contributed by atoms with Crippen molar-refractivity contribution in [1.82, 2.24) is 5.43 Å². The predicted molar refractivity (Wildman–Crippen MR) is 141 cm³/mol. The number of hydrazone groups is 1. The van der Waals surface area contributed by atoms with Crippen LogP contribution in [0, 0.1) is 0 Å². The van der Waals surface area contributed by atoms with Crippen LogP contribution >= 0.6 is 11.6 Å². The lowest BCUT2D eigenvalue weighted by molar-refractivity contribution is 0.0955. The molecule has 0 radical (unpaired) electrons. The van der Waals surface area contributed by atoms with E-state index in [2.05, 4.69) is 15.2 Å². The van der Waals surface area contributed by atoms with E-state index < -0.39 is 15.9 Å². The largest absolute Gasteiger partial charge is 0.489 e. The molecule has 4 aromatic rings. The fourth-order valence-electron chi connectivity index (χ4n) is 3.17. The topological polar surface area (TPSA) is 96.9 Å². The van der Waals surface area contributed by atoms with Crippen LogP contribution < -0.4 is 14.9 Å². The number of anilines is 1. The van der Waals surface area contributed by atoms with Crippen LogP contribution in [0.25, 0.3) is 0 Å². The van der Waals surface area contributed by atoms with Crippen molar-refractivity contribution in [3.8, 4) is 5.75 Å². The van der Waals surface area contributed by atoms with Crippen LogP contribution in [0.15, 0.2) is 113 Å². The molecule has 0 aliphatic heterocycles. The second kappa shape index (κ2) is 11.5. The minimum Gasteiger partial charge on any atom is -0.489 e. The highest BCUT2D eigenvalue weighted by molar-refractivity contribution is 7.92. The summed E-state index contributed by atoms with van der Waals surface area (Å²) in [5, 5.41) is 4.44. The third kappa shape index (κ3) is 6.94. The Labute approximate surface area is 214 Å². The maximum Gasteiger partial charge on any atom is 0.271 e. The summed E-state index contributed by atoms with van der Waals surface area (Å²) in [5.41, 5.74) is 4.92. The zero-order valence-electron chi connectivity index (χ0n) is 19.0. The summed E-state index contributed by atoms with van der Waals surface area (Å²) in [7, 11) is -3.77. The minimum absolute atomic E-state index is 0.0811. The van der Waals surface area contributed by atoms with E-state index in [-0.39, 0.29) is 4.90 Å². The van der Waals surface area contributed by atoms with Crippen molar-refractivity contribution in [2.75, 3.05) is 4.72 Å². The summed E-state index contributed by atoms with van der Waals surface area (Å²) in [6, 6.07) is 29.0. The number of halogens is 1. The van der Waals surface area contributed by atoms with Crippen molar-refractivity contribution in [2.24, 2.45) is 5.10 Å². The molecule has 1 amide bonds. The van der Waals surface area contributed by atoms with Crippen LogP contribution in [-0.4, -0.2) is 20.5 Å². The molecule has 7 nitrogen and oxygen atoms in total. The monoisotopic (exact) mass is 519 g/mol. The zero-order chi connectivity index (χ0) is 25.4. The molecule has 0 aliphatic carbocycles. The van der Waals surface area contributed by atoms with Crippen LogP contribution in [0.5, 0.6) is 5.75 Å². The Hall–Kier alpha value is -4.14. The molecule has 0 saturated carbocycles. The Kier molecular flexibility index (Phi) is 7.99. The van der Waals surface area contributed by atoms with E-state index in [0.717, 1.165) is 11.1 Å². The highest BCUT2D eigenvalue weighted by Gasteiger charge is 2.14. The van der Waals surface area contributed by atoms with Gasteiger partial charge in [-0.25, -0.2) is 13.8 Å². The van der Waals surface area contributed by atoms with Gasteiger partial charge in [0.15, 0.2) is 0 Å². The molecule has 0 heterocycles. The van der Waals surface area contributed by atoms with Crippen molar-refractivity contribution < 1.29 is 17.9 Å². The van der Waals surface area contributed by atoms with E-state index >= 15 is 0 Å². The SMILES string of the molecule is O=C(N/N=C\c1cccc(OCc2ccccc2)c1)c1ccc(NS(=O)(=O)c2ccc(Cl)cc2)cc1. The fourth-order valence-corrected chi connectivity index (χ4v) is 4.36. The van der Waals surface area contributed by atoms with Gasteiger partial charge in [0, 0.05) is 16.3 Å². The Balaban J connectivity index is 1.32. The number of amides is 1. The van der Waals surface area contributed by atoms with Crippen molar-refractivity contribution in [2.45, 2.75) is 11.5 Å². The number of hydrogen-bond donors (Lipinski definition) is 2. The molecule has 0 aliphatic rings. The fraction of sp³-hybridized carbons (Fsp3) is 0.0370. The standard InChI is InChI=1S/C27H22ClN3O4S/c28-23-11-15-26(16-12-23)36(33,34)31-24-13-9-22(10-14-24)27(32)30-29-18-21-7-4-8-25(17-21)35-19-20-5-2-1-3-6-20/h1-18,31H,19H2,(H,30,32)/b29-18-.